The molecule has 0 radical (unpaired) electrons. The second kappa shape index (κ2) is 8.71. The lowest BCUT2D eigenvalue weighted by atomic mass is 10.1. The topological polar surface area (TPSA) is 50.3 Å². The smallest absolute Gasteiger partial charge is 0.161 e. The number of hydrogen-bond donors (Lipinski definition) is 1. The van der Waals surface area contributed by atoms with Crippen LogP contribution in [0.4, 0.5) is 15.9 Å². The van der Waals surface area contributed by atoms with Gasteiger partial charge in [-0.3, -0.25) is 0 Å². The Kier molecular flexibility index (Phi) is 5.78. The Labute approximate surface area is 192 Å². The quantitative estimate of drug-likeness (QED) is 0.548. The lowest BCUT2D eigenvalue weighted by Gasteiger charge is -2.34. The number of halogens is 1. The minimum Gasteiger partial charge on any atom is -0.388 e. The van der Waals surface area contributed by atoms with Crippen LogP contribution in [-0.4, -0.2) is 42.8 Å². The Morgan fingerprint density at radius 1 is 1.09 bits per heavy atom. The first-order valence-electron chi connectivity index (χ1n) is 11.0. The van der Waals surface area contributed by atoms with Crippen molar-refractivity contribution in [2.75, 3.05) is 37.0 Å². The molecule has 0 amide bonds. The highest BCUT2D eigenvalue weighted by Gasteiger charge is 2.47. The van der Waals surface area contributed by atoms with Gasteiger partial charge in [-0.2, -0.15) is 0 Å². The maximum atomic E-state index is 13.4. The summed E-state index contributed by atoms with van der Waals surface area (Å²) in [5.41, 5.74) is 3.09. The standard InChI is InChI=1S/C25H27FN4OS/c1-17-16-31-14-13-30(17)23-15-22(25(11-12-25)32-21-9-5-19(26)6-10-21)28-24(29-23)18-3-7-20(27-2)8-4-18/h3-10,15,17,27H,11-14,16H2,1-2H3. The first-order valence-corrected chi connectivity index (χ1v) is 11.8. The Bertz CT molecular complexity index is 1090. The number of anilines is 2. The second-order valence-corrected chi connectivity index (χ2v) is 9.89. The molecule has 1 saturated carbocycles. The Balaban J connectivity index is 1.54. The summed E-state index contributed by atoms with van der Waals surface area (Å²) in [4.78, 5) is 13.4. The molecule has 3 aromatic rings. The predicted octanol–water partition coefficient (Wildman–Crippen LogP) is 5.33. The van der Waals surface area contributed by atoms with E-state index in [1.807, 2.05) is 31.3 Å². The van der Waals surface area contributed by atoms with Crippen LogP contribution in [0.15, 0.2) is 59.5 Å². The Hall–Kier alpha value is -2.64. The van der Waals surface area contributed by atoms with Gasteiger partial charge in [-0.1, -0.05) is 0 Å². The predicted molar refractivity (Wildman–Crippen MR) is 128 cm³/mol. The van der Waals surface area contributed by atoms with Crippen molar-refractivity contribution in [3.63, 3.8) is 0 Å². The molecule has 1 aliphatic heterocycles. The minimum absolute atomic E-state index is 0.0926. The third-order valence-electron chi connectivity index (χ3n) is 6.10. The van der Waals surface area contributed by atoms with Crippen LogP contribution in [0.3, 0.4) is 0 Å². The zero-order chi connectivity index (χ0) is 22.1. The number of nitrogens with one attached hydrogen (secondary N) is 1. The molecule has 1 aliphatic carbocycles. The van der Waals surface area contributed by atoms with Crippen LogP contribution < -0.4 is 10.2 Å². The molecule has 5 rings (SSSR count). The molecule has 2 aromatic carbocycles. The van der Waals surface area contributed by atoms with Gasteiger partial charge >= 0.3 is 0 Å². The Morgan fingerprint density at radius 3 is 2.50 bits per heavy atom. The van der Waals surface area contributed by atoms with Crippen molar-refractivity contribution in [3.05, 3.63) is 66.1 Å². The van der Waals surface area contributed by atoms with Crippen molar-refractivity contribution in [1.29, 1.82) is 0 Å². The summed E-state index contributed by atoms with van der Waals surface area (Å²) in [7, 11) is 1.91. The lowest BCUT2D eigenvalue weighted by Crippen LogP contribution is -2.44. The van der Waals surface area contributed by atoms with Gasteiger partial charge in [0.25, 0.3) is 0 Å². The summed E-state index contributed by atoms with van der Waals surface area (Å²) in [6, 6.07) is 17.4. The molecule has 0 bridgehead atoms. The highest BCUT2D eigenvalue weighted by molar-refractivity contribution is 8.00. The molecule has 5 nitrogen and oxygen atoms in total. The van der Waals surface area contributed by atoms with E-state index in [9.17, 15) is 4.39 Å². The summed E-state index contributed by atoms with van der Waals surface area (Å²) in [5, 5.41) is 3.16. The molecule has 2 aliphatic rings. The maximum Gasteiger partial charge on any atom is 0.161 e. The first kappa shape index (κ1) is 21.2. The number of thioether (sulfide) groups is 1. The third kappa shape index (κ3) is 4.32. The van der Waals surface area contributed by atoms with Gasteiger partial charge in [0.1, 0.15) is 11.6 Å². The molecule has 2 heterocycles. The van der Waals surface area contributed by atoms with Gasteiger partial charge in [0.15, 0.2) is 5.82 Å². The molecule has 7 heteroatoms. The molecular formula is C25H27FN4OS. The molecule has 1 saturated heterocycles. The van der Waals surface area contributed by atoms with E-state index in [4.69, 9.17) is 14.7 Å². The molecular weight excluding hydrogens is 423 g/mol. The fourth-order valence-electron chi connectivity index (χ4n) is 4.05. The van der Waals surface area contributed by atoms with Gasteiger partial charge in [0.05, 0.1) is 29.7 Å². The largest absolute Gasteiger partial charge is 0.388 e. The van der Waals surface area contributed by atoms with Crippen molar-refractivity contribution in [1.82, 2.24) is 9.97 Å². The summed E-state index contributed by atoms with van der Waals surface area (Å²) in [6.45, 7) is 4.38. The number of ether oxygens (including phenoxy) is 1. The number of benzene rings is 2. The summed E-state index contributed by atoms with van der Waals surface area (Å²) < 4.78 is 19.0. The molecule has 2 fully saturated rings. The van der Waals surface area contributed by atoms with Crippen molar-refractivity contribution in [2.24, 2.45) is 0 Å². The van der Waals surface area contributed by atoms with Gasteiger partial charge in [-0.15, -0.1) is 11.8 Å². The zero-order valence-electron chi connectivity index (χ0n) is 18.3. The van der Waals surface area contributed by atoms with Gasteiger partial charge in [-0.05, 0) is 68.3 Å². The average molecular weight is 451 g/mol. The van der Waals surface area contributed by atoms with Crippen molar-refractivity contribution in [3.8, 4) is 11.4 Å². The molecule has 1 unspecified atom stereocenters. The highest BCUT2D eigenvalue weighted by Crippen LogP contribution is 2.59. The van der Waals surface area contributed by atoms with Crippen LogP contribution in [0, 0.1) is 5.82 Å². The fraction of sp³-hybridized carbons (Fsp3) is 0.360. The van der Waals surface area contributed by atoms with E-state index in [0.29, 0.717) is 13.2 Å². The number of aromatic nitrogens is 2. The van der Waals surface area contributed by atoms with E-state index in [2.05, 4.69) is 35.3 Å². The van der Waals surface area contributed by atoms with Gasteiger partial charge in [0, 0.05) is 35.8 Å². The number of morpholine rings is 1. The SMILES string of the molecule is CNc1ccc(-c2nc(N3CCOCC3C)cc(C3(Sc4ccc(F)cc4)CC3)n2)cc1. The number of nitrogens with zero attached hydrogens (tertiary/aromatic N) is 3. The molecule has 1 N–H and O–H groups in total. The van der Waals surface area contributed by atoms with E-state index in [-0.39, 0.29) is 16.6 Å². The van der Waals surface area contributed by atoms with Gasteiger partial charge in [0.2, 0.25) is 0 Å². The van der Waals surface area contributed by atoms with Gasteiger partial charge < -0.3 is 15.0 Å². The van der Waals surface area contributed by atoms with Crippen molar-refractivity contribution < 1.29 is 9.13 Å². The molecule has 0 spiro atoms. The van der Waals surface area contributed by atoms with Crippen LogP contribution in [-0.2, 0) is 9.48 Å². The molecule has 1 aromatic heterocycles. The molecule has 32 heavy (non-hydrogen) atoms. The van der Waals surface area contributed by atoms with Crippen LogP contribution in [0.2, 0.25) is 0 Å². The summed E-state index contributed by atoms with van der Waals surface area (Å²) >= 11 is 1.77. The summed E-state index contributed by atoms with van der Waals surface area (Å²) in [5.74, 6) is 1.48. The van der Waals surface area contributed by atoms with Gasteiger partial charge in [-0.25, -0.2) is 14.4 Å². The number of rotatable bonds is 6. The van der Waals surface area contributed by atoms with Crippen LogP contribution in [0.5, 0.6) is 0 Å². The minimum atomic E-state index is -0.211. The van der Waals surface area contributed by atoms with Crippen LogP contribution >= 0.6 is 11.8 Å². The normalized spacial score (nSPS) is 19.6. The van der Waals surface area contributed by atoms with Crippen LogP contribution in [0.1, 0.15) is 25.5 Å². The zero-order valence-corrected chi connectivity index (χ0v) is 19.2. The summed E-state index contributed by atoms with van der Waals surface area (Å²) in [6.07, 6.45) is 2.09. The second-order valence-electron chi connectivity index (χ2n) is 8.43. The third-order valence-corrected chi connectivity index (χ3v) is 7.62. The van der Waals surface area contributed by atoms with E-state index in [1.54, 1.807) is 11.8 Å². The van der Waals surface area contributed by atoms with E-state index in [1.165, 1.54) is 12.1 Å². The van der Waals surface area contributed by atoms with E-state index >= 15 is 0 Å². The lowest BCUT2D eigenvalue weighted by molar-refractivity contribution is 0.0985. The fourth-order valence-corrected chi connectivity index (χ4v) is 5.29. The number of hydrogen-bond acceptors (Lipinski definition) is 6. The molecule has 1 atom stereocenters. The van der Waals surface area contributed by atoms with E-state index < -0.39 is 0 Å². The van der Waals surface area contributed by atoms with E-state index in [0.717, 1.165) is 52.9 Å². The van der Waals surface area contributed by atoms with Crippen LogP contribution in [0.25, 0.3) is 11.4 Å². The average Bonchev–Trinajstić information content (AvgIpc) is 3.61. The maximum absolute atomic E-state index is 13.4. The molecule has 166 valence electrons. The van der Waals surface area contributed by atoms with Crippen molar-refractivity contribution in [2.45, 2.75) is 35.4 Å². The van der Waals surface area contributed by atoms with Crippen molar-refractivity contribution >= 4 is 23.3 Å². The highest BCUT2D eigenvalue weighted by atomic mass is 32.2. The first-order chi connectivity index (χ1) is 15.6. The monoisotopic (exact) mass is 450 g/mol. The Morgan fingerprint density at radius 2 is 1.84 bits per heavy atom.